The fourth-order valence-electron chi connectivity index (χ4n) is 5.25. The smallest absolute Gasteiger partial charge is 0.280 e. The standard InChI is InChI=1S/C28H30F2IN5O4/c1-2-24(37)35-11-4-3-5-18(15-35)36-25-20(14-31)23(40-19-9-12-39-16-19)7-6-21(25)33-28(36)34-27(38)17-8-10-32-22(13-17)26(29)30/h2,6-8,10,13,18-19,26H,1,3-5,9,11-12,14-16H2,(H,33,34,38)/t18-,19-/m1/s1. The number of nitrogens with one attached hydrogen (secondary N) is 1. The van der Waals surface area contributed by atoms with E-state index in [0.717, 1.165) is 48.6 Å². The highest BCUT2D eigenvalue weighted by Crippen LogP contribution is 2.37. The molecule has 0 aliphatic carbocycles. The molecule has 1 N–H and O–H groups in total. The third-order valence-corrected chi connectivity index (χ3v) is 7.98. The average molecular weight is 665 g/mol. The van der Waals surface area contributed by atoms with Crippen LogP contribution in [0.5, 0.6) is 5.75 Å². The van der Waals surface area contributed by atoms with Crippen LogP contribution in [0, 0.1) is 0 Å². The van der Waals surface area contributed by atoms with Crippen molar-refractivity contribution in [1.82, 2.24) is 19.4 Å². The van der Waals surface area contributed by atoms with Crippen LogP contribution < -0.4 is 10.1 Å². The van der Waals surface area contributed by atoms with Gasteiger partial charge in [-0.15, -0.1) is 0 Å². The van der Waals surface area contributed by atoms with Gasteiger partial charge in [-0.25, -0.2) is 13.8 Å². The number of hydrogen-bond donors (Lipinski definition) is 1. The molecule has 3 aromatic rings. The number of imidazole rings is 1. The Labute approximate surface area is 244 Å². The number of nitrogens with zero attached hydrogens (tertiary/aromatic N) is 4. The summed E-state index contributed by atoms with van der Waals surface area (Å²) in [6.07, 6.45) is 2.91. The first kappa shape index (κ1) is 28.4. The third kappa shape index (κ3) is 5.97. The number of hydrogen-bond acceptors (Lipinski definition) is 6. The fraction of sp³-hybridized carbons (Fsp3) is 0.429. The average Bonchev–Trinajstić information content (AvgIpc) is 3.53. The molecule has 5 rings (SSSR count). The van der Waals surface area contributed by atoms with Gasteiger partial charge in [0.25, 0.3) is 12.3 Å². The first-order valence-corrected chi connectivity index (χ1v) is 14.7. The van der Waals surface area contributed by atoms with Crippen molar-refractivity contribution in [3.05, 3.63) is 59.9 Å². The van der Waals surface area contributed by atoms with Gasteiger partial charge in [0.05, 0.1) is 30.3 Å². The lowest BCUT2D eigenvalue weighted by Gasteiger charge is -2.27. The van der Waals surface area contributed by atoms with Crippen molar-refractivity contribution in [3.63, 3.8) is 0 Å². The Morgan fingerprint density at radius 1 is 1.27 bits per heavy atom. The van der Waals surface area contributed by atoms with E-state index < -0.39 is 18.0 Å². The van der Waals surface area contributed by atoms with Gasteiger partial charge in [-0.1, -0.05) is 29.2 Å². The van der Waals surface area contributed by atoms with Crippen molar-refractivity contribution in [2.45, 2.75) is 48.7 Å². The van der Waals surface area contributed by atoms with Crippen molar-refractivity contribution < 1.29 is 27.8 Å². The van der Waals surface area contributed by atoms with E-state index in [1.807, 2.05) is 16.7 Å². The summed E-state index contributed by atoms with van der Waals surface area (Å²) < 4.78 is 40.9. The monoisotopic (exact) mass is 665 g/mol. The molecule has 0 spiro atoms. The molecule has 0 saturated carbocycles. The second-order valence-corrected chi connectivity index (χ2v) is 10.6. The largest absolute Gasteiger partial charge is 0.488 e. The molecule has 212 valence electrons. The zero-order valence-corrected chi connectivity index (χ0v) is 24.0. The molecule has 2 amide bonds. The normalized spacial score (nSPS) is 19.6. The second-order valence-electron chi connectivity index (χ2n) is 9.81. The third-order valence-electron chi connectivity index (χ3n) is 7.22. The lowest BCUT2D eigenvalue weighted by molar-refractivity contribution is -0.126. The van der Waals surface area contributed by atoms with Crippen LogP contribution in [0.4, 0.5) is 14.7 Å². The predicted octanol–water partition coefficient (Wildman–Crippen LogP) is 5.46. The van der Waals surface area contributed by atoms with Gasteiger partial charge >= 0.3 is 0 Å². The summed E-state index contributed by atoms with van der Waals surface area (Å²) in [5, 5.41) is 2.86. The molecule has 40 heavy (non-hydrogen) atoms. The minimum absolute atomic E-state index is 0.0487. The van der Waals surface area contributed by atoms with E-state index in [0.29, 0.717) is 36.2 Å². The molecule has 2 saturated heterocycles. The number of benzene rings is 1. The van der Waals surface area contributed by atoms with Crippen LogP contribution in [-0.4, -0.2) is 63.7 Å². The SMILES string of the molecule is C=CC(=O)N1CCCC[C@@H](n2c(NC(=O)c3ccnc(C(F)F)c3)nc3ccc(O[C@@H]4CCOC4)c(CI)c32)C1. The molecule has 2 aromatic heterocycles. The van der Waals surface area contributed by atoms with E-state index in [1.165, 1.54) is 18.3 Å². The number of ether oxygens (including phenoxy) is 2. The van der Waals surface area contributed by atoms with Gasteiger partial charge in [0.2, 0.25) is 11.9 Å². The second kappa shape index (κ2) is 12.6. The molecule has 2 atom stereocenters. The molecular formula is C28H30F2IN5O4. The highest BCUT2D eigenvalue weighted by molar-refractivity contribution is 14.1. The summed E-state index contributed by atoms with van der Waals surface area (Å²) in [6, 6.07) is 6.00. The first-order valence-electron chi connectivity index (χ1n) is 13.2. The van der Waals surface area contributed by atoms with Crippen LogP contribution in [-0.2, 0) is 14.0 Å². The number of fused-ring (bicyclic) bond motifs is 1. The van der Waals surface area contributed by atoms with Crippen LogP contribution in [0.15, 0.2) is 43.1 Å². The maximum atomic E-state index is 13.3. The summed E-state index contributed by atoms with van der Waals surface area (Å²) in [5.41, 5.74) is 1.96. The van der Waals surface area contributed by atoms with Crippen molar-refractivity contribution in [2.75, 3.05) is 31.6 Å². The van der Waals surface area contributed by atoms with Crippen molar-refractivity contribution in [3.8, 4) is 5.75 Å². The van der Waals surface area contributed by atoms with Crippen molar-refractivity contribution in [2.24, 2.45) is 0 Å². The maximum Gasteiger partial charge on any atom is 0.280 e. The fourth-order valence-corrected chi connectivity index (χ4v) is 5.99. The molecule has 2 aliphatic heterocycles. The molecule has 2 aliphatic rings. The molecule has 2 fully saturated rings. The van der Waals surface area contributed by atoms with E-state index in [1.54, 1.807) is 4.90 Å². The number of alkyl halides is 3. The minimum atomic E-state index is -2.80. The number of anilines is 1. The Bertz CT molecular complexity index is 1410. The first-order chi connectivity index (χ1) is 19.4. The van der Waals surface area contributed by atoms with Crippen molar-refractivity contribution >= 4 is 51.4 Å². The lowest BCUT2D eigenvalue weighted by Crippen LogP contribution is -2.34. The number of carbonyl (C=O) groups is 2. The molecule has 9 nitrogen and oxygen atoms in total. The molecule has 12 heteroatoms. The molecule has 1 aromatic carbocycles. The summed E-state index contributed by atoms with van der Waals surface area (Å²) >= 11 is 2.29. The van der Waals surface area contributed by atoms with E-state index in [4.69, 9.17) is 14.5 Å². The topological polar surface area (TPSA) is 98.6 Å². The van der Waals surface area contributed by atoms with E-state index >= 15 is 0 Å². The minimum Gasteiger partial charge on any atom is -0.488 e. The number of halogens is 3. The summed E-state index contributed by atoms with van der Waals surface area (Å²) in [6.45, 7) is 5.84. The Kier molecular flexibility index (Phi) is 8.94. The number of amides is 2. The van der Waals surface area contributed by atoms with Crippen LogP contribution >= 0.6 is 22.6 Å². The molecule has 0 radical (unpaired) electrons. The molecular weight excluding hydrogens is 635 g/mol. The van der Waals surface area contributed by atoms with Gasteiger partial charge in [0, 0.05) is 41.3 Å². The number of carbonyl (C=O) groups excluding carboxylic acids is 2. The van der Waals surface area contributed by atoms with E-state index in [-0.39, 0.29) is 29.6 Å². The zero-order valence-electron chi connectivity index (χ0n) is 21.8. The van der Waals surface area contributed by atoms with Crippen LogP contribution in [0.25, 0.3) is 11.0 Å². The van der Waals surface area contributed by atoms with Gasteiger partial charge in [-0.05, 0) is 49.6 Å². The summed E-state index contributed by atoms with van der Waals surface area (Å²) in [7, 11) is 0. The summed E-state index contributed by atoms with van der Waals surface area (Å²) in [5.74, 6) is 0.266. The molecule has 0 bridgehead atoms. The Balaban J connectivity index is 1.60. The van der Waals surface area contributed by atoms with Gasteiger partial charge in [0.15, 0.2) is 0 Å². The molecule has 0 unspecified atom stereocenters. The van der Waals surface area contributed by atoms with Crippen LogP contribution in [0.3, 0.4) is 0 Å². The highest BCUT2D eigenvalue weighted by atomic mass is 127. The lowest BCUT2D eigenvalue weighted by atomic mass is 10.1. The quantitative estimate of drug-likeness (QED) is 0.195. The number of rotatable bonds is 8. The van der Waals surface area contributed by atoms with E-state index in [9.17, 15) is 18.4 Å². The van der Waals surface area contributed by atoms with Crippen molar-refractivity contribution in [1.29, 1.82) is 0 Å². The number of aromatic nitrogens is 3. The van der Waals surface area contributed by atoms with Gasteiger partial charge < -0.3 is 18.9 Å². The van der Waals surface area contributed by atoms with Gasteiger partial charge in [-0.3, -0.25) is 19.9 Å². The predicted molar refractivity (Wildman–Crippen MR) is 154 cm³/mol. The van der Waals surface area contributed by atoms with Gasteiger partial charge in [-0.2, -0.15) is 0 Å². The summed E-state index contributed by atoms with van der Waals surface area (Å²) in [4.78, 5) is 36.1. The highest BCUT2D eigenvalue weighted by Gasteiger charge is 2.29. The molecule has 4 heterocycles. The van der Waals surface area contributed by atoms with Crippen LogP contribution in [0.2, 0.25) is 0 Å². The zero-order chi connectivity index (χ0) is 28.2. The Morgan fingerprint density at radius 3 is 2.85 bits per heavy atom. The Morgan fingerprint density at radius 2 is 2.12 bits per heavy atom. The maximum absolute atomic E-state index is 13.3. The van der Waals surface area contributed by atoms with Crippen LogP contribution in [0.1, 0.15) is 59.8 Å². The van der Waals surface area contributed by atoms with E-state index in [2.05, 4.69) is 39.5 Å². The van der Waals surface area contributed by atoms with Gasteiger partial charge in [0.1, 0.15) is 17.5 Å². The number of likely N-dealkylation sites (tertiary alicyclic amines) is 1. The Hall–Kier alpha value is -3.13. The number of pyridine rings is 1.